The average molecular weight is 297 g/mol. The van der Waals surface area contributed by atoms with Gasteiger partial charge in [0.05, 0.1) is 6.10 Å². The van der Waals surface area contributed by atoms with Crippen LogP contribution in [0.5, 0.6) is 5.75 Å². The Morgan fingerprint density at radius 3 is 2.32 bits per heavy atom. The van der Waals surface area contributed by atoms with Crippen LogP contribution in [-0.2, 0) is 4.79 Å². The zero-order chi connectivity index (χ0) is 15.4. The van der Waals surface area contributed by atoms with Crippen LogP contribution in [0.4, 0.5) is 0 Å². The number of rotatable bonds is 4. The maximum atomic E-state index is 12.8. The van der Waals surface area contributed by atoms with Gasteiger partial charge in [-0.25, -0.2) is 0 Å². The highest BCUT2D eigenvalue weighted by Gasteiger charge is 2.32. The van der Waals surface area contributed by atoms with Gasteiger partial charge in [-0.05, 0) is 18.6 Å². The normalized spacial score (nSPS) is 19.0. The monoisotopic (exact) mass is 297 g/mol. The Bertz CT molecular complexity index is 615. The number of aliphatic hydroxyl groups excluding tert-OH is 1. The Morgan fingerprint density at radius 1 is 1.09 bits per heavy atom. The molecule has 0 aromatic heterocycles. The molecule has 4 heteroatoms. The van der Waals surface area contributed by atoms with Crippen molar-refractivity contribution in [2.24, 2.45) is 0 Å². The van der Waals surface area contributed by atoms with Crippen LogP contribution in [0.3, 0.4) is 0 Å². The van der Waals surface area contributed by atoms with Gasteiger partial charge < -0.3 is 14.7 Å². The van der Waals surface area contributed by atoms with Gasteiger partial charge in [0.25, 0.3) is 5.91 Å². The quantitative estimate of drug-likeness (QED) is 0.943. The second-order valence-corrected chi connectivity index (χ2v) is 5.45. The molecule has 0 aliphatic carbocycles. The third-order valence-corrected chi connectivity index (χ3v) is 3.80. The van der Waals surface area contributed by atoms with Gasteiger partial charge in [0.15, 0.2) is 0 Å². The van der Waals surface area contributed by atoms with Crippen molar-refractivity contribution in [3.63, 3.8) is 0 Å². The van der Waals surface area contributed by atoms with E-state index in [1.165, 1.54) is 0 Å². The predicted molar refractivity (Wildman–Crippen MR) is 83.5 cm³/mol. The van der Waals surface area contributed by atoms with Crippen molar-refractivity contribution in [2.45, 2.75) is 18.6 Å². The van der Waals surface area contributed by atoms with Crippen LogP contribution in [0.25, 0.3) is 0 Å². The van der Waals surface area contributed by atoms with Gasteiger partial charge in [0.1, 0.15) is 5.75 Å². The van der Waals surface area contributed by atoms with Crippen LogP contribution in [0.15, 0.2) is 60.7 Å². The van der Waals surface area contributed by atoms with Crippen molar-refractivity contribution in [2.75, 3.05) is 13.1 Å². The molecule has 0 radical (unpaired) electrons. The van der Waals surface area contributed by atoms with Gasteiger partial charge in [-0.3, -0.25) is 4.79 Å². The van der Waals surface area contributed by atoms with E-state index in [1.54, 1.807) is 4.90 Å². The Morgan fingerprint density at radius 2 is 1.73 bits per heavy atom. The number of para-hydroxylation sites is 1. The van der Waals surface area contributed by atoms with Crippen LogP contribution in [0.1, 0.15) is 18.1 Å². The Balaban J connectivity index is 1.84. The molecule has 1 aliphatic rings. The maximum Gasteiger partial charge on any atom is 0.268 e. The highest BCUT2D eigenvalue weighted by Crippen LogP contribution is 2.25. The number of carbonyl (C=O) groups excluding carboxylic acids is 1. The fourth-order valence-corrected chi connectivity index (χ4v) is 2.63. The first kappa shape index (κ1) is 14.6. The second-order valence-electron chi connectivity index (χ2n) is 5.45. The summed E-state index contributed by atoms with van der Waals surface area (Å²) < 4.78 is 5.94. The van der Waals surface area contributed by atoms with Gasteiger partial charge >= 0.3 is 0 Å². The zero-order valence-corrected chi connectivity index (χ0v) is 12.3. The number of hydrogen-bond acceptors (Lipinski definition) is 3. The van der Waals surface area contributed by atoms with E-state index in [9.17, 15) is 9.90 Å². The third kappa shape index (κ3) is 3.28. The lowest BCUT2D eigenvalue weighted by Crippen LogP contribution is -2.36. The molecule has 0 saturated carbocycles. The van der Waals surface area contributed by atoms with E-state index in [2.05, 4.69) is 0 Å². The summed E-state index contributed by atoms with van der Waals surface area (Å²) in [5.41, 5.74) is 0.817. The molecule has 2 atom stereocenters. The SMILES string of the molecule is O=C(C(Oc1ccccc1)c1ccccc1)N1CC[C@@H](O)C1. The van der Waals surface area contributed by atoms with Crippen molar-refractivity contribution in [3.8, 4) is 5.75 Å². The number of carbonyl (C=O) groups is 1. The van der Waals surface area contributed by atoms with E-state index in [-0.39, 0.29) is 5.91 Å². The molecule has 1 unspecified atom stereocenters. The molecular weight excluding hydrogens is 278 g/mol. The Kier molecular flexibility index (Phi) is 4.39. The van der Waals surface area contributed by atoms with E-state index < -0.39 is 12.2 Å². The van der Waals surface area contributed by atoms with Gasteiger partial charge in [0.2, 0.25) is 6.10 Å². The number of β-amino-alcohol motifs (C(OH)–C–C–N with tert-alkyl or cyclic N) is 1. The molecular formula is C18H19NO3. The van der Waals surface area contributed by atoms with Crippen LogP contribution < -0.4 is 4.74 Å². The van der Waals surface area contributed by atoms with Crippen LogP contribution in [-0.4, -0.2) is 35.1 Å². The number of benzene rings is 2. The van der Waals surface area contributed by atoms with Crippen molar-refractivity contribution in [3.05, 3.63) is 66.2 Å². The summed E-state index contributed by atoms with van der Waals surface area (Å²) in [6.45, 7) is 0.946. The average Bonchev–Trinajstić information content (AvgIpc) is 3.00. The molecule has 1 aliphatic heterocycles. The van der Waals surface area contributed by atoms with E-state index in [0.717, 1.165) is 5.56 Å². The van der Waals surface area contributed by atoms with E-state index in [4.69, 9.17) is 4.74 Å². The summed E-state index contributed by atoms with van der Waals surface area (Å²) >= 11 is 0. The molecule has 22 heavy (non-hydrogen) atoms. The highest BCUT2D eigenvalue weighted by molar-refractivity contribution is 5.83. The molecule has 0 spiro atoms. The minimum atomic E-state index is -0.686. The first-order valence-corrected chi connectivity index (χ1v) is 7.47. The number of amides is 1. The molecule has 0 bridgehead atoms. The summed E-state index contributed by atoms with van der Waals surface area (Å²) in [6.07, 6.45) is -0.496. The van der Waals surface area contributed by atoms with Crippen molar-refractivity contribution >= 4 is 5.91 Å². The maximum absolute atomic E-state index is 12.8. The zero-order valence-electron chi connectivity index (χ0n) is 12.3. The fraction of sp³-hybridized carbons (Fsp3) is 0.278. The Hall–Kier alpha value is -2.33. The number of nitrogens with zero attached hydrogens (tertiary/aromatic N) is 1. The van der Waals surface area contributed by atoms with Gasteiger partial charge in [-0.15, -0.1) is 0 Å². The molecule has 4 nitrogen and oxygen atoms in total. The van der Waals surface area contributed by atoms with Gasteiger partial charge in [0, 0.05) is 18.7 Å². The standard InChI is InChI=1S/C18H19NO3/c20-15-11-12-19(13-15)18(21)17(14-7-3-1-4-8-14)22-16-9-5-2-6-10-16/h1-10,15,17,20H,11-13H2/t15-,17?/m1/s1. The second kappa shape index (κ2) is 6.62. The van der Waals surface area contributed by atoms with E-state index in [1.807, 2.05) is 60.7 Å². The van der Waals surface area contributed by atoms with Crippen molar-refractivity contribution in [1.82, 2.24) is 4.90 Å². The number of ether oxygens (including phenoxy) is 1. The lowest BCUT2D eigenvalue weighted by Gasteiger charge is -2.24. The summed E-state index contributed by atoms with van der Waals surface area (Å²) in [6, 6.07) is 18.8. The molecule has 1 N–H and O–H groups in total. The largest absolute Gasteiger partial charge is 0.476 e. The minimum Gasteiger partial charge on any atom is -0.476 e. The highest BCUT2D eigenvalue weighted by atomic mass is 16.5. The number of likely N-dealkylation sites (tertiary alicyclic amines) is 1. The molecule has 1 saturated heterocycles. The van der Waals surface area contributed by atoms with Crippen molar-refractivity contribution < 1.29 is 14.6 Å². The summed E-state index contributed by atoms with van der Waals surface area (Å²) in [5, 5.41) is 9.66. The first-order valence-electron chi connectivity index (χ1n) is 7.47. The smallest absolute Gasteiger partial charge is 0.268 e. The lowest BCUT2D eigenvalue weighted by atomic mass is 10.1. The van der Waals surface area contributed by atoms with Crippen molar-refractivity contribution in [1.29, 1.82) is 0 Å². The van der Waals surface area contributed by atoms with Gasteiger partial charge in [-0.2, -0.15) is 0 Å². The summed E-state index contributed by atoms with van der Waals surface area (Å²) in [7, 11) is 0. The summed E-state index contributed by atoms with van der Waals surface area (Å²) in [5.74, 6) is 0.552. The lowest BCUT2D eigenvalue weighted by molar-refractivity contribution is -0.138. The van der Waals surface area contributed by atoms with Gasteiger partial charge in [-0.1, -0.05) is 48.5 Å². The van der Waals surface area contributed by atoms with Crippen LogP contribution in [0.2, 0.25) is 0 Å². The molecule has 1 heterocycles. The third-order valence-electron chi connectivity index (χ3n) is 3.80. The first-order chi connectivity index (χ1) is 10.7. The number of aliphatic hydroxyl groups is 1. The molecule has 1 fully saturated rings. The Labute approximate surface area is 130 Å². The molecule has 2 aromatic carbocycles. The molecule has 2 aromatic rings. The van der Waals surface area contributed by atoms with Crippen LogP contribution >= 0.6 is 0 Å². The van der Waals surface area contributed by atoms with Crippen LogP contribution in [0, 0.1) is 0 Å². The molecule has 1 amide bonds. The van der Waals surface area contributed by atoms with E-state index in [0.29, 0.717) is 25.3 Å². The predicted octanol–water partition coefficient (Wildman–Crippen LogP) is 2.40. The molecule has 114 valence electrons. The number of hydrogen-bond donors (Lipinski definition) is 1. The topological polar surface area (TPSA) is 49.8 Å². The minimum absolute atomic E-state index is 0.105. The van der Waals surface area contributed by atoms with E-state index >= 15 is 0 Å². The fourth-order valence-electron chi connectivity index (χ4n) is 2.63. The summed E-state index contributed by atoms with van der Waals surface area (Å²) in [4.78, 5) is 14.5. The molecule has 3 rings (SSSR count).